The van der Waals surface area contributed by atoms with E-state index in [-0.39, 0.29) is 30.9 Å². The highest BCUT2D eigenvalue weighted by molar-refractivity contribution is 7.10. The van der Waals surface area contributed by atoms with Gasteiger partial charge in [0.25, 0.3) is 0 Å². The fourth-order valence-electron chi connectivity index (χ4n) is 3.76. The predicted octanol–water partition coefficient (Wildman–Crippen LogP) is 5.56. The second kappa shape index (κ2) is 12.9. The van der Waals surface area contributed by atoms with Crippen LogP contribution >= 0.6 is 36.2 Å². The molecule has 1 N–H and O–H groups in total. The van der Waals surface area contributed by atoms with Crippen LogP contribution in [-0.2, 0) is 6.61 Å². The van der Waals surface area contributed by atoms with Gasteiger partial charge in [-0.05, 0) is 41.6 Å². The number of hydrogen-bond acceptors (Lipinski definition) is 5. The number of benzene rings is 2. The second-order valence-electron chi connectivity index (χ2n) is 7.12. The highest BCUT2D eigenvalue weighted by Crippen LogP contribution is 2.37. The molecule has 0 unspecified atom stereocenters. The van der Waals surface area contributed by atoms with Gasteiger partial charge in [-0.15, -0.1) is 36.2 Å². The fraction of sp³-hybridized carbons (Fsp3) is 0.333. The lowest BCUT2D eigenvalue weighted by atomic mass is 10.0. The molecule has 1 saturated heterocycles. The Kier molecular flexibility index (Phi) is 10.6. The Morgan fingerprint density at radius 1 is 0.935 bits per heavy atom. The van der Waals surface area contributed by atoms with Crippen molar-refractivity contribution in [1.29, 1.82) is 0 Å². The Labute approximate surface area is 201 Å². The third kappa shape index (κ3) is 6.61. The zero-order valence-corrected chi connectivity index (χ0v) is 20.1. The molecule has 4 nitrogen and oxygen atoms in total. The smallest absolute Gasteiger partial charge is 0.161 e. The van der Waals surface area contributed by atoms with E-state index in [1.54, 1.807) is 0 Å². The molecule has 1 aliphatic heterocycles. The Morgan fingerprint density at radius 2 is 1.71 bits per heavy atom. The van der Waals surface area contributed by atoms with Crippen LogP contribution in [0.3, 0.4) is 0 Å². The monoisotopic (exact) mass is 480 g/mol. The first-order chi connectivity index (χ1) is 14.3. The second-order valence-corrected chi connectivity index (χ2v) is 8.10. The predicted molar refractivity (Wildman–Crippen MR) is 133 cm³/mol. The van der Waals surface area contributed by atoms with Crippen LogP contribution in [0.25, 0.3) is 0 Å². The number of rotatable bonds is 8. The maximum atomic E-state index is 6.10. The van der Waals surface area contributed by atoms with Crippen molar-refractivity contribution in [1.82, 2.24) is 10.2 Å². The molecule has 0 saturated carbocycles. The van der Waals surface area contributed by atoms with E-state index in [0.29, 0.717) is 13.2 Å². The van der Waals surface area contributed by atoms with Gasteiger partial charge in [-0.3, -0.25) is 4.90 Å². The Balaban J connectivity index is 0.00000171. The van der Waals surface area contributed by atoms with Crippen LogP contribution in [0.15, 0.2) is 66.0 Å². The number of piperazine rings is 1. The van der Waals surface area contributed by atoms with Crippen LogP contribution < -0.4 is 14.8 Å². The average Bonchev–Trinajstić information content (AvgIpc) is 3.29. The topological polar surface area (TPSA) is 33.7 Å². The molecule has 1 atom stereocenters. The summed E-state index contributed by atoms with van der Waals surface area (Å²) in [5.74, 6) is 1.61. The van der Waals surface area contributed by atoms with Crippen LogP contribution in [0.2, 0.25) is 0 Å². The number of halogens is 2. The number of thiophene rings is 1. The zero-order chi connectivity index (χ0) is 19.9. The van der Waals surface area contributed by atoms with Crippen molar-refractivity contribution in [3.63, 3.8) is 0 Å². The van der Waals surface area contributed by atoms with Gasteiger partial charge in [-0.2, -0.15) is 0 Å². The lowest BCUT2D eigenvalue weighted by Gasteiger charge is -2.35. The molecular weight excluding hydrogens is 451 g/mol. The molecule has 1 aliphatic rings. The molecule has 0 aliphatic carbocycles. The van der Waals surface area contributed by atoms with E-state index in [4.69, 9.17) is 9.47 Å². The molecular formula is C24H30Cl2N2O2S. The van der Waals surface area contributed by atoms with Crippen LogP contribution in [-0.4, -0.2) is 37.7 Å². The summed E-state index contributed by atoms with van der Waals surface area (Å²) in [4.78, 5) is 3.92. The van der Waals surface area contributed by atoms with Gasteiger partial charge in [0.1, 0.15) is 6.61 Å². The van der Waals surface area contributed by atoms with Gasteiger partial charge < -0.3 is 14.8 Å². The molecule has 31 heavy (non-hydrogen) atoms. The molecule has 2 aromatic carbocycles. The summed E-state index contributed by atoms with van der Waals surface area (Å²) in [5, 5.41) is 5.61. The minimum atomic E-state index is 0. The minimum Gasteiger partial charge on any atom is -0.490 e. The van der Waals surface area contributed by atoms with Gasteiger partial charge in [-0.25, -0.2) is 0 Å². The van der Waals surface area contributed by atoms with Gasteiger partial charge in [0.2, 0.25) is 0 Å². The quantitative estimate of drug-likeness (QED) is 0.457. The van der Waals surface area contributed by atoms with Gasteiger partial charge in [-0.1, -0.05) is 42.5 Å². The average molecular weight is 481 g/mol. The number of ether oxygens (including phenoxy) is 2. The van der Waals surface area contributed by atoms with Gasteiger partial charge in [0.15, 0.2) is 11.5 Å². The lowest BCUT2D eigenvalue weighted by molar-refractivity contribution is 0.200. The molecule has 0 radical (unpaired) electrons. The summed E-state index contributed by atoms with van der Waals surface area (Å²) in [6.07, 6.45) is 0. The molecule has 2 heterocycles. The van der Waals surface area contributed by atoms with E-state index in [1.807, 2.05) is 36.5 Å². The third-order valence-electron chi connectivity index (χ3n) is 5.15. The summed E-state index contributed by atoms with van der Waals surface area (Å²) in [6.45, 7) is 7.30. The largest absolute Gasteiger partial charge is 0.490 e. The van der Waals surface area contributed by atoms with Gasteiger partial charge in [0, 0.05) is 31.1 Å². The molecule has 7 heteroatoms. The maximum absolute atomic E-state index is 6.10. The Morgan fingerprint density at radius 3 is 2.39 bits per heavy atom. The highest BCUT2D eigenvalue weighted by atomic mass is 35.5. The highest BCUT2D eigenvalue weighted by Gasteiger charge is 2.25. The first-order valence-electron chi connectivity index (χ1n) is 10.3. The van der Waals surface area contributed by atoms with Gasteiger partial charge in [0.05, 0.1) is 12.6 Å². The van der Waals surface area contributed by atoms with Crippen molar-refractivity contribution in [2.24, 2.45) is 0 Å². The standard InChI is InChI=1S/C24H28N2O2S.2ClH/c1-2-27-22-17-20(10-11-21(22)28-18-19-7-4-3-5-8-19)24(23-9-6-16-29-23)26-14-12-25-13-15-26;;/h3-11,16-17,24-25H,2,12-15,18H2,1H3;2*1H/t24-;;/m1../s1. The lowest BCUT2D eigenvalue weighted by Crippen LogP contribution is -2.45. The van der Waals surface area contributed by atoms with E-state index >= 15 is 0 Å². The van der Waals surface area contributed by atoms with Gasteiger partial charge >= 0.3 is 0 Å². The summed E-state index contributed by atoms with van der Waals surface area (Å²) >= 11 is 1.82. The van der Waals surface area contributed by atoms with E-state index in [9.17, 15) is 0 Å². The number of nitrogens with one attached hydrogen (secondary N) is 1. The van der Waals surface area contributed by atoms with Crippen molar-refractivity contribution in [2.45, 2.75) is 19.6 Å². The molecule has 1 fully saturated rings. The number of hydrogen-bond donors (Lipinski definition) is 1. The van der Waals surface area contributed by atoms with Crippen molar-refractivity contribution in [2.75, 3.05) is 32.8 Å². The third-order valence-corrected chi connectivity index (χ3v) is 6.07. The van der Waals surface area contributed by atoms with E-state index < -0.39 is 0 Å². The molecule has 0 spiro atoms. The van der Waals surface area contributed by atoms with Crippen molar-refractivity contribution in [3.05, 3.63) is 82.0 Å². The molecule has 0 bridgehead atoms. The normalized spacial score (nSPS) is 14.7. The Bertz CT molecular complexity index is 888. The maximum Gasteiger partial charge on any atom is 0.161 e. The zero-order valence-electron chi connectivity index (χ0n) is 17.7. The molecule has 4 rings (SSSR count). The van der Waals surface area contributed by atoms with Crippen molar-refractivity contribution in [3.8, 4) is 11.5 Å². The molecule has 168 valence electrons. The Hall–Kier alpha value is -1.76. The van der Waals surface area contributed by atoms with E-state index in [0.717, 1.165) is 43.2 Å². The SMILES string of the molecule is CCOc1cc([C@H](c2cccs2)N2CCNCC2)ccc1OCc1ccccc1.Cl.Cl. The number of nitrogens with zero attached hydrogens (tertiary/aromatic N) is 1. The first-order valence-corrected chi connectivity index (χ1v) is 11.1. The molecule has 3 aromatic rings. The van der Waals surface area contributed by atoms with Crippen LogP contribution in [0.1, 0.15) is 29.0 Å². The molecule has 0 amide bonds. The van der Waals surface area contributed by atoms with Crippen LogP contribution in [0, 0.1) is 0 Å². The first kappa shape index (κ1) is 25.5. The van der Waals surface area contributed by atoms with Crippen LogP contribution in [0.4, 0.5) is 0 Å². The summed E-state index contributed by atoms with van der Waals surface area (Å²) in [5.41, 5.74) is 2.40. The van der Waals surface area contributed by atoms with E-state index in [1.165, 1.54) is 10.4 Å². The minimum absolute atomic E-state index is 0. The van der Waals surface area contributed by atoms with Crippen LogP contribution in [0.5, 0.6) is 11.5 Å². The fourth-order valence-corrected chi connectivity index (χ4v) is 4.65. The summed E-state index contributed by atoms with van der Waals surface area (Å²) in [7, 11) is 0. The molecule has 1 aromatic heterocycles. The van der Waals surface area contributed by atoms with Crippen molar-refractivity contribution >= 4 is 36.2 Å². The van der Waals surface area contributed by atoms with E-state index in [2.05, 4.69) is 58.1 Å². The van der Waals surface area contributed by atoms with Crippen molar-refractivity contribution < 1.29 is 9.47 Å². The summed E-state index contributed by atoms with van der Waals surface area (Å²) < 4.78 is 12.1. The summed E-state index contributed by atoms with van der Waals surface area (Å²) in [6, 6.07) is 21.3.